The summed E-state index contributed by atoms with van der Waals surface area (Å²) in [6, 6.07) is 10.7. The van der Waals surface area contributed by atoms with Crippen molar-refractivity contribution in [3.05, 3.63) is 70.7 Å². The van der Waals surface area contributed by atoms with Crippen LogP contribution in [0.15, 0.2) is 64.1 Å². The fourth-order valence-corrected chi connectivity index (χ4v) is 5.26. The topological polar surface area (TPSA) is 89.0 Å². The van der Waals surface area contributed by atoms with E-state index in [0.29, 0.717) is 14.5 Å². The number of anilines is 2. The summed E-state index contributed by atoms with van der Waals surface area (Å²) >= 11 is 3.15. The number of sulfonamides is 1. The molecule has 0 atom stereocenters. The molecule has 0 fully saturated rings. The van der Waals surface area contributed by atoms with Gasteiger partial charge in [-0.3, -0.25) is 9.88 Å². The lowest BCUT2D eigenvalue weighted by Crippen LogP contribution is -2.50. The molecule has 8 nitrogen and oxygen atoms in total. The molecule has 0 radical (unpaired) electrons. The van der Waals surface area contributed by atoms with Gasteiger partial charge in [-0.05, 0) is 46.3 Å². The van der Waals surface area contributed by atoms with Crippen LogP contribution in [0.4, 0.5) is 20.6 Å². The fourth-order valence-electron chi connectivity index (χ4n) is 3.37. The lowest BCUT2D eigenvalue weighted by Gasteiger charge is -2.36. The van der Waals surface area contributed by atoms with Crippen LogP contribution >= 0.6 is 15.9 Å². The minimum Gasteiger partial charge on any atom is -0.493 e. The monoisotopic (exact) mass is 521 g/mol. The smallest absolute Gasteiger partial charge is 0.343 e. The molecule has 3 aromatic rings. The molecule has 1 aliphatic heterocycles. The van der Waals surface area contributed by atoms with Gasteiger partial charge in [-0.2, -0.15) is 4.31 Å². The molecule has 2 amide bonds. The van der Waals surface area contributed by atoms with Crippen molar-refractivity contribution in [1.29, 1.82) is 0 Å². The SMILES string of the molecule is COc1ccc(N2C(=O)N(Cc3ncc(Br)cc3F)c3ccccc3S2(=O)=O)cc1OC. The van der Waals surface area contributed by atoms with Crippen molar-refractivity contribution in [2.24, 2.45) is 0 Å². The predicted octanol–water partition coefficient (Wildman–Crippen LogP) is 4.34. The number of halogens is 2. The van der Waals surface area contributed by atoms with E-state index in [9.17, 15) is 17.6 Å². The first kappa shape index (κ1) is 22.0. The van der Waals surface area contributed by atoms with E-state index in [4.69, 9.17) is 9.47 Å². The van der Waals surface area contributed by atoms with E-state index in [1.807, 2.05) is 0 Å². The van der Waals surface area contributed by atoms with Crippen molar-refractivity contribution in [1.82, 2.24) is 4.98 Å². The van der Waals surface area contributed by atoms with Crippen molar-refractivity contribution in [2.75, 3.05) is 23.4 Å². The number of ether oxygens (including phenoxy) is 2. The number of amides is 2. The molecule has 2 heterocycles. The number of urea groups is 1. The zero-order chi connectivity index (χ0) is 23.0. The predicted molar refractivity (Wildman–Crippen MR) is 119 cm³/mol. The molecule has 0 unspecified atom stereocenters. The number of nitrogens with zero attached hydrogens (tertiary/aromatic N) is 3. The van der Waals surface area contributed by atoms with E-state index in [1.54, 1.807) is 12.1 Å². The van der Waals surface area contributed by atoms with E-state index in [2.05, 4.69) is 20.9 Å². The highest BCUT2D eigenvalue weighted by molar-refractivity contribution is 9.10. The molecule has 4 rings (SSSR count). The lowest BCUT2D eigenvalue weighted by molar-refractivity contribution is 0.253. The summed E-state index contributed by atoms with van der Waals surface area (Å²) in [5.74, 6) is -0.00808. The number of fused-ring (bicyclic) bond motifs is 1. The number of pyridine rings is 1. The molecule has 166 valence electrons. The largest absolute Gasteiger partial charge is 0.493 e. The van der Waals surface area contributed by atoms with Crippen LogP contribution < -0.4 is 18.7 Å². The van der Waals surface area contributed by atoms with Crippen LogP contribution in [0.1, 0.15) is 5.69 Å². The van der Waals surface area contributed by atoms with Gasteiger partial charge in [0.1, 0.15) is 10.7 Å². The highest BCUT2D eigenvalue weighted by Gasteiger charge is 2.43. The Kier molecular flexibility index (Phi) is 5.78. The Morgan fingerprint density at radius 2 is 1.78 bits per heavy atom. The third-order valence-corrected chi connectivity index (χ3v) is 7.05. The highest BCUT2D eigenvalue weighted by atomic mass is 79.9. The second-order valence-electron chi connectivity index (χ2n) is 6.73. The zero-order valence-corrected chi connectivity index (χ0v) is 19.4. The van der Waals surface area contributed by atoms with Crippen molar-refractivity contribution >= 4 is 43.4 Å². The third-order valence-electron chi connectivity index (χ3n) is 4.87. The molecule has 2 aromatic carbocycles. The van der Waals surface area contributed by atoms with Crippen LogP contribution in [0.25, 0.3) is 0 Å². The summed E-state index contributed by atoms with van der Waals surface area (Å²) in [5, 5.41) is 0. The van der Waals surface area contributed by atoms with Gasteiger partial charge in [-0.25, -0.2) is 17.6 Å². The van der Waals surface area contributed by atoms with Gasteiger partial charge < -0.3 is 9.47 Å². The van der Waals surface area contributed by atoms with Gasteiger partial charge in [0.05, 0.1) is 37.8 Å². The van der Waals surface area contributed by atoms with E-state index in [0.717, 1.165) is 0 Å². The average Bonchev–Trinajstić information content (AvgIpc) is 2.77. The maximum Gasteiger partial charge on any atom is 0.343 e. The van der Waals surface area contributed by atoms with Crippen LogP contribution in [0.2, 0.25) is 0 Å². The van der Waals surface area contributed by atoms with Crippen LogP contribution in [0.3, 0.4) is 0 Å². The van der Waals surface area contributed by atoms with Gasteiger partial charge in [0.25, 0.3) is 10.0 Å². The van der Waals surface area contributed by atoms with Gasteiger partial charge in [-0.1, -0.05) is 12.1 Å². The second-order valence-corrected chi connectivity index (χ2v) is 9.40. The molecular formula is C21H17BrFN3O5S. The molecule has 0 saturated heterocycles. The molecule has 0 aliphatic carbocycles. The van der Waals surface area contributed by atoms with Crippen LogP contribution in [-0.4, -0.2) is 33.7 Å². The average molecular weight is 522 g/mol. The number of hydrogen-bond donors (Lipinski definition) is 0. The first-order valence-electron chi connectivity index (χ1n) is 9.25. The van der Waals surface area contributed by atoms with Crippen LogP contribution in [-0.2, 0) is 16.6 Å². The van der Waals surface area contributed by atoms with E-state index >= 15 is 0 Å². The molecule has 0 N–H and O–H groups in total. The number of benzene rings is 2. The third kappa shape index (κ3) is 3.67. The van der Waals surface area contributed by atoms with Gasteiger partial charge in [0.2, 0.25) is 0 Å². The maximum absolute atomic E-state index is 14.5. The summed E-state index contributed by atoms with van der Waals surface area (Å²) in [6.07, 6.45) is 1.40. The van der Waals surface area contributed by atoms with E-state index in [1.165, 1.54) is 61.7 Å². The number of hydrogen-bond acceptors (Lipinski definition) is 6. The number of aromatic nitrogens is 1. The minimum absolute atomic E-state index is 0.0112. The number of rotatable bonds is 5. The molecule has 0 saturated carbocycles. The van der Waals surface area contributed by atoms with Crippen molar-refractivity contribution in [3.63, 3.8) is 0 Å². The van der Waals surface area contributed by atoms with Crippen LogP contribution in [0.5, 0.6) is 11.5 Å². The van der Waals surface area contributed by atoms with Crippen molar-refractivity contribution < 1.29 is 27.1 Å². The number of methoxy groups -OCH3 is 2. The molecule has 1 aliphatic rings. The zero-order valence-electron chi connectivity index (χ0n) is 17.0. The Morgan fingerprint density at radius 1 is 1.06 bits per heavy atom. The molecule has 1 aromatic heterocycles. The Bertz CT molecular complexity index is 1320. The molecular weight excluding hydrogens is 505 g/mol. The molecule has 11 heteroatoms. The van der Waals surface area contributed by atoms with Gasteiger partial charge in [-0.15, -0.1) is 0 Å². The van der Waals surface area contributed by atoms with Gasteiger partial charge in [0.15, 0.2) is 11.5 Å². The Hall–Kier alpha value is -3.18. The van der Waals surface area contributed by atoms with Crippen molar-refractivity contribution in [3.8, 4) is 11.5 Å². The standard InChI is InChI=1S/C21H17BrFN3O5S/c1-30-18-8-7-14(10-19(18)31-2)26-21(27)25(12-16-15(23)9-13(22)11-24-16)17-5-3-4-6-20(17)32(26,28)29/h3-11H,12H2,1-2H3. The summed E-state index contributed by atoms with van der Waals surface area (Å²) in [6.45, 7) is -0.270. The molecule has 0 bridgehead atoms. The van der Waals surface area contributed by atoms with E-state index < -0.39 is 21.9 Å². The molecule has 32 heavy (non-hydrogen) atoms. The fraction of sp³-hybridized carbons (Fsp3) is 0.143. The lowest BCUT2D eigenvalue weighted by atomic mass is 10.2. The van der Waals surface area contributed by atoms with Crippen LogP contribution in [0, 0.1) is 5.82 Å². The number of carbonyl (C=O) groups excluding carboxylic acids is 1. The van der Waals surface area contributed by atoms with Crippen molar-refractivity contribution in [2.45, 2.75) is 11.4 Å². The number of carbonyl (C=O) groups is 1. The van der Waals surface area contributed by atoms with Gasteiger partial charge in [0, 0.05) is 16.7 Å². The molecule has 0 spiro atoms. The maximum atomic E-state index is 14.5. The number of para-hydroxylation sites is 1. The Labute approximate surface area is 192 Å². The van der Waals surface area contributed by atoms with E-state index in [-0.39, 0.29) is 34.3 Å². The summed E-state index contributed by atoms with van der Waals surface area (Å²) in [5.41, 5.74) is 0.178. The first-order valence-corrected chi connectivity index (χ1v) is 11.5. The Balaban J connectivity index is 1.87. The quantitative estimate of drug-likeness (QED) is 0.496. The Morgan fingerprint density at radius 3 is 2.47 bits per heavy atom. The first-order chi connectivity index (χ1) is 15.3. The second kappa shape index (κ2) is 8.40. The summed E-state index contributed by atoms with van der Waals surface area (Å²) < 4.78 is 52.8. The normalized spacial score (nSPS) is 14.8. The summed E-state index contributed by atoms with van der Waals surface area (Å²) in [7, 11) is -1.40. The van der Waals surface area contributed by atoms with Gasteiger partial charge >= 0.3 is 6.03 Å². The minimum atomic E-state index is -4.25. The summed E-state index contributed by atoms with van der Waals surface area (Å²) in [4.78, 5) is 18.6. The highest BCUT2D eigenvalue weighted by Crippen LogP contribution is 2.40.